The second-order valence-electron chi connectivity index (χ2n) is 6.53. The summed E-state index contributed by atoms with van der Waals surface area (Å²) in [4.78, 5) is 28.2. The predicted molar refractivity (Wildman–Crippen MR) is 100 cm³/mol. The lowest BCUT2D eigenvalue weighted by molar-refractivity contribution is 0.0988. The second-order valence-corrected chi connectivity index (χ2v) is 6.53. The molecular formula is C21H20N4O. The maximum absolute atomic E-state index is 12.6. The van der Waals surface area contributed by atoms with Crippen molar-refractivity contribution >= 4 is 11.6 Å². The molecule has 0 N–H and O–H groups in total. The van der Waals surface area contributed by atoms with E-state index in [0.717, 1.165) is 48.0 Å². The van der Waals surface area contributed by atoms with Gasteiger partial charge in [0.15, 0.2) is 5.78 Å². The van der Waals surface area contributed by atoms with E-state index in [0.29, 0.717) is 12.1 Å². The molecule has 5 nitrogen and oxygen atoms in total. The average Bonchev–Trinajstić information content (AvgIpc) is 2.68. The van der Waals surface area contributed by atoms with E-state index in [-0.39, 0.29) is 5.78 Å². The fourth-order valence-corrected chi connectivity index (χ4v) is 3.24. The molecule has 0 spiro atoms. The number of hydrogen-bond acceptors (Lipinski definition) is 5. The molecule has 3 heterocycles. The summed E-state index contributed by atoms with van der Waals surface area (Å²) in [5.41, 5.74) is 3.76. The highest BCUT2D eigenvalue weighted by atomic mass is 16.1. The number of benzene rings is 1. The van der Waals surface area contributed by atoms with E-state index < -0.39 is 0 Å². The first-order valence-electron chi connectivity index (χ1n) is 8.79. The number of Topliss-reactive ketones (excluding diaryl/α,β-unsaturated/α-hetero) is 1. The fraction of sp³-hybridized carbons (Fsp3) is 0.238. The summed E-state index contributed by atoms with van der Waals surface area (Å²) in [6.07, 6.45) is 3.13. The number of fused-ring (bicyclic) bond motifs is 1. The Morgan fingerprint density at radius 1 is 1.08 bits per heavy atom. The Hall–Kier alpha value is -3.08. The Labute approximate surface area is 152 Å². The topological polar surface area (TPSA) is 59.0 Å². The van der Waals surface area contributed by atoms with Gasteiger partial charge in [0, 0.05) is 37.7 Å². The van der Waals surface area contributed by atoms with Gasteiger partial charge in [0.05, 0.1) is 5.69 Å². The molecule has 0 aliphatic carbocycles. The van der Waals surface area contributed by atoms with Gasteiger partial charge in [0.1, 0.15) is 17.3 Å². The number of aryl methyl sites for hydroxylation is 1. The minimum atomic E-state index is 0.0365. The predicted octanol–water partition coefficient (Wildman–Crippen LogP) is 3.17. The largest absolute Gasteiger partial charge is 0.352 e. The standard InChI is InChI=1S/C21H20N4O/c1-15-22-13-17-14-25(11-10-18(17)23-15)21-9-5-8-19(24-21)20(26)12-16-6-3-2-4-7-16/h2-9,13H,10-12,14H2,1H3. The first kappa shape index (κ1) is 16.4. The third kappa shape index (κ3) is 3.47. The number of hydrogen-bond donors (Lipinski definition) is 0. The van der Waals surface area contributed by atoms with Gasteiger partial charge in [-0.05, 0) is 24.6 Å². The summed E-state index contributed by atoms with van der Waals surface area (Å²) < 4.78 is 0. The highest BCUT2D eigenvalue weighted by Gasteiger charge is 2.20. The van der Waals surface area contributed by atoms with Gasteiger partial charge in [-0.2, -0.15) is 0 Å². The number of carbonyl (C=O) groups excluding carboxylic acids is 1. The monoisotopic (exact) mass is 344 g/mol. The minimum absolute atomic E-state index is 0.0365. The molecule has 130 valence electrons. The van der Waals surface area contributed by atoms with Crippen molar-refractivity contribution in [1.29, 1.82) is 0 Å². The third-order valence-electron chi connectivity index (χ3n) is 4.61. The van der Waals surface area contributed by atoms with E-state index in [1.54, 1.807) is 6.07 Å². The molecule has 3 aromatic rings. The molecule has 0 fully saturated rings. The van der Waals surface area contributed by atoms with E-state index in [1.807, 2.05) is 55.6 Å². The van der Waals surface area contributed by atoms with E-state index in [9.17, 15) is 4.79 Å². The quantitative estimate of drug-likeness (QED) is 0.681. The van der Waals surface area contributed by atoms with Crippen LogP contribution in [0.1, 0.15) is 33.1 Å². The molecule has 1 aromatic carbocycles. The zero-order valence-corrected chi connectivity index (χ0v) is 14.7. The lowest BCUT2D eigenvalue weighted by Crippen LogP contribution is -2.32. The van der Waals surface area contributed by atoms with Crippen molar-refractivity contribution in [3.8, 4) is 0 Å². The normalized spacial score (nSPS) is 13.3. The number of carbonyl (C=O) groups is 1. The zero-order chi connectivity index (χ0) is 17.9. The van der Waals surface area contributed by atoms with E-state index in [1.165, 1.54) is 0 Å². The second kappa shape index (κ2) is 7.04. The summed E-state index contributed by atoms with van der Waals surface area (Å²) in [6.45, 7) is 3.47. The van der Waals surface area contributed by atoms with Crippen molar-refractivity contribution in [1.82, 2.24) is 15.0 Å². The van der Waals surface area contributed by atoms with Crippen molar-refractivity contribution in [2.45, 2.75) is 26.3 Å². The molecule has 0 saturated carbocycles. The first-order chi connectivity index (χ1) is 12.7. The van der Waals surface area contributed by atoms with Crippen molar-refractivity contribution in [3.05, 3.63) is 83.1 Å². The smallest absolute Gasteiger partial charge is 0.185 e. The maximum atomic E-state index is 12.6. The Morgan fingerprint density at radius 2 is 1.92 bits per heavy atom. The van der Waals surface area contributed by atoms with E-state index in [2.05, 4.69) is 19.9 Å². The van der Waals surface area contributed by atoms with Crippen LogP contribution in [0.25, 0.3) is 0 Å². The van der Waals surface area contributed by atoms with E-state index >= 15 is 0 Å². The SMILES string of the molecule is Cc1ncc2c(n1)CCN(c1cccc(C(=O)Cc3ccccc3)n1)C2. The average molecular weight is 344 g/mol. The Morgan fingerprint density at radius 3 is 2.77 bits per heavy atom. The molecular weight excluding hydrogens is 324 g/mol. The Balaban J connectivity index is 1.53. The molecule has 2 aromatic heterocycles. The van der Waals surface area contributed by atoms with Crippen LogP contribution in [-0.2, 0) is 19.4 Å². The molecule has 1 aliphatic rings. The van der Waals surface area contributed by atoms with Crippen LogP contribution in [0.2, 0.25) is 0 Å². The van der Waals surface area contributed by atoms with Gasteiger partial charge in [-0.3, -0.25) is 4.79 Å². The van der Waals surface area contributed by atoms with Gasteiger partial charge < -0.3 is 4.90 Å². The lowest BCUT2D eigenvalue weighted by atomic mass is 10.1. The van der Waals surface area contributed by atoms with Gasteiger partial charge in [0.25, 0.3) is 0 Å². The number of ketones is 1. The van der Waals surface area contributed by atoms with Crippen LogP contribution in [-0.4, -0.2) is 27.3 Å². The van der Waals surface area contributed by atoms with Crippen molar-refractivity contribution in [3.63, 3.8) is 0 Å². The van der Waals surface area contributed by atoms with Gasteiger partial charge in [-0.1, -0.05) is 36.4 Å². The van der Waals surface area contributed by atoms with Crippen LogP contribution in [0.15, 0.2) is 54.7 Å². The molecule has 0 bridgehead atoms. The van der Waals surface area contributed by atoms with Crippen molar-refractivity contribution in [2.75, 3.05) is 11.4 Å². The van der Waals surface area contributed by atoms with E-state index in [4.69, 9.17) is 0 Å². The Bertz CT molecular complexity index is 940. The minimum Gasteiger partial charge on any atom is -0.352 e. The fourth-order valence-electron chi connectivity index (χ4n) is 3.24. The number of aromatic nitrogens is 3. The molecule has 0 radical (unpaired) electrons. The molecule has 0 atom stereocenters. The highest BCUT2D eigenvalue weighted by molar-refractivity contribution is 5.96. The summed E-state index contributed by atoms with van der Waals surface area (Å²) in [5.74, 6) is 1.67. The van der Waals surface area contributed by atoms with Gasteiger partial charge in [0.2, 0.25) is 0 Å². The molecule has 0 saturated heterocycles. The maximum Gasteiger partial charge on any atom is 0.185 e. The number of rotatable bonds is 4. The van der Waals surface area contributed by atoms with Crippen LogP contribution in [0.4, 0.5) is 5.82 Å². The molecule has 5 heteroatoms. The summed E-state index contributed by atoms with van der Waals surface area (Å²) in [7, 11) is 0. The van der Waals surface area contributed by atoms with Crippen LogP contribution in [0.5, 0.6) is 0 Å². The Kier molecular flexibility index (Phi) is 4.44. The van der Waals surface area contributed by atoms with Crippen LogP contribution in [0.3, 0.4) is 0 Å². The highest BCUT2D eigenvalue weighted by Crippen LogP contribution is 2.22. The molecule has 26 heavy (non-hydrogen) atoms. The zero-order valence-electron chi connectivity index (χ0n) is 14.7. The molecule has 0 unspecified atom stereocenters. The number of nitrogens with zero attached hydrogens (tertiary/aromatic N) is 4. The summed E-state index contributed by atoms with van der Waals surface area (Å²) >= 11 is 0. The van der Waals surface area contributed by atoms with Crippen LogP contribution in [0, 0.1) is 6.92 Å². The molecule has 4 rings (SSSR count). The van der Waals surface area contributed by atoms with Crippen molar-refractivity contribution < 1.29 is 4.79 Å². The van der Waals surface area contributed by atoms with Crippen LogP contribution < -0.4 is 4.90 Å². The lowest BCUT2D eigenvalue weighted by Gasteiger charge is -2.29. The van der Waals surface area contributed by atoms with Gasteiger partial charge in [-0.25, -0.2) is 15.0 Å². The van der Waals surface area contributed by atoms with Crippen LogP contribution >= 0.6 is 0 Å². The molecule has 1 aliphatic heterocycles. The third-order valence-corrected chi connectivity index (χ3v) is 4.61. The summed E-state index contributed by atoms with van der Waals surface area (Å²) in [5, 5.41) is 0. The first-order valence-corrected chi connectivity index (χ1v) is 8.79. The van der Waals surface area contributed by atoms with Gasteiger partial charge >= 0.3 is 0 Å². The number of pyridine rings is 1. The molecule has 0 amide bonds. The van der Waals surface area contributed by atoms with Gasteiger partial charge in [-0.15, -0.1) is 0 Å². The number of anilines is 1. The van der Waals surface area contributed by atoms with Crippen molar-refractivity contribution in [2.24, 2.45) is 0 Å². The summed E-state index contributed by atoms with van der Waals surface area (Å²) in [6, 6.07) is 15.4.